The van der Waals surface area contributed by atoms with Gasteiger partial charge in [-0.05, 0) is 38.1 Å². The lowest BCUT2D eigenvalue weighted by molar-refractivity contribution is -0.122. The van der Waals surface area contributed by atoms with Gasteiger partial charge in [-0.3, -0.25) is 9.10 Å². The number of anilines is 1. The lowest BCUT2D eigenvalue weighted by atomic mass is 10.2. The van der Waals surface area contributed by atoms with Crippen LogP contribution in [-0.2, 0) is 14.8 Å². The number of carbonyl (C=O) groups is 1. The van der Waals surface area contributed by atoms with Crippen LogP contribution >= 0.6 is 0 Å². The molecule has 0 bridgehead atoms. The predicted molar refractivity (Wildman–Crippen MR) is 107 cm³/mol. The number of sulfonamides is 1. The SMILES string of the molecule is Cc1ccc(N(C(C)C(=O)NCC2COc3ccccc3O2)S(C)(=O)=O)cc1. The summed E-state index contributed by atoms with van der Waals surface area (Å²) in [5, 5.41) is 2.77. The Bertz CT molecular complexity index is 943. The number of rotatable bonds is 6. The predicted octanol–water partition coefficient (Wildman–Crippen LogP) is 2.11. The van der Waals surface area contributed by atoms with E-state index in [-0.39, 0.29) is 12.6 Å². The van der Waals surface area contributed by atoms with E-state index in [1.807, 2.05) is 37.3 Å². The van der Waals surface area contributed by atoms with Crippen LogP contribution in [0.15, 0.2) is 48.5 Å². The molecule has 7 nitrogen and oxygen atoms in total. The van der Waals surface area contributed by atoms with E-state index in [1.165, 1.54) is 0 Å². The molecular weight excluding hydrogens is 380 g/mol. The minimum absolute atomic E-state index is 0.211. The monoisotopic (exact) mass is 404 g/mol. The van der Waals surface area contributed by atoms with Crippen molar-refractivity contribution < 1.29 is 22.7 Å². The summed E-state index contributed by atoms with van der Waals surface area (Å²) < 4.78 is 37.2. The Labute approximate surface area is 165 Å². The number of fused-ring (bicyclic) bond motifs is 1. The maximum atomic E-state index is 12.6. The average Bonchev–Trinajstić information content (AvgIpc) is 2.66. The molecule has 2 aromatic rings. The van der Waals surface area contributed by atoms with Crippen molar-refractivity contribution in [2.24, 2.45) is 0 Å². The topological polar surface area (TPSA) is 84.9 Å². The fourth-order valence-electron chi connectivity index (χ4n) is 3.03. The molecule has 28 heavy (non-hydrogen) atoms. The second kappa shape index (κ2) is 8.10. The zero-order valence-corrected chi connectivity index (χ0v) is 16.9. The Balaban J connectivity index is 1.66. The molecule has 0 aromatic heterocycles. The van der Waals surface area contributed by atoms with Crippen LogP contribution < -0.4 is 19.1 Å². The van der Waals surface area contributed by atoms with E-state index < -0.39 is 22.0 Å². The normalized spacial score (nSPS) is 16.9. The second-order valence-electron chi connectivity index (χ2n) is 6.81. The van der Waals surface area contributed by atoms with Crippen molar-refractivity contribution in [1.29, 1.82) is 0 Å². The largest absolute Gasteiger partial charge is 0.486 e. The summed E-state index contributed by atoms with van der Waals surface area (Å²) in [6, 6.07) is 13.4. The highest BCUT2D eigenvalue weighted by Crippen LogP contribution is 2.30. The first kappa shape index (κ1) is 20.0. The molecule has 1 aliphatic heterocycles. The third-order valence-corrected chi connectivity index (χ3v) is 5.69. The third kappa shape index (κ3) is 4.56. The van der Waals surface area contributed by atoms with E-state index in [0.29, 0.717) is 23.8 Å². The molecule has 0 saturated carbocycles. The highest BCUT2D eigenvalue weighted by Gasteiger charge is 2.30. The third-order valence-electron chi connectivity index (χ3n) is 4.45. The Morgan fingerprint density at radius 1 is 1.18 bits per heavy atom. The number of nitrogens with one attached hydrogen (secondary N) is 1. The lowest BCUT2D eigenvalue weighted by Crippen LogP contribution is -2.50. The highest BCUT2D eigenvalue weighted by molar-refractivity contribution is 7.92. The van der Waals surface area contributed by atoms with Gasteiger partial charge >= 0.3 is 0 Å². The molecule has 1 aliphatic rings. The molecular formula is C20H24N2O5S. The van der Waals surface area contributed by atoms with Crippen LogP contribution in [0.2, 0.25) is 0 Å². The number of nitrogens with zero attached hydrogens (tertiary/aromatic N) is 1. The number of carbonyl (C=O) groups excluding carboxylic acids is 1. The van der Waals surface area contributed by atoms with Gasteiger partial charge in [0.1, 0.15) is 18.8 Å². The minimum atomic E-state index is -3.64. The van der Waals surface area contributed by atoms with E-state index in [9.17, 15) is 13.2 Å². The number of amides is 1. The van der Waals surface area contributed by atoms with E-state index in [0.717, 1.165) is 16.1 Å². The molecule has 0 radical (unpaired) electrons. The molecule has 1 heterocycles. The minimum Gasteiger partial charge on any atom is -0.486 e. The number of para-hydroxylation sites is 2. The fourth-order valence-corrected chi connectivity index (χ4v) is 4.20. The summed E-state index contributed by atoms with van der Waals surface area (Å²) in [5.74, 6) is 0.882. The zero-order valence-electron chi connectivity index (χ0n) is 16.1. The summed E-state index contributed by atoms with van der Waals surface area (Å²) in [6.07, 6.45) is 0.739. The van der Waals surface area contributed by atoms with Gasteiger partial charge in [0.15, 0.2) is 11.5 Å². The van der Waals surface area contributed by atoms with Crippen LogP contribution in [0.1, 0.15) is 12.5 Å². The molecule has 2 unspecified atom stereocenters. The maximum Gasteiger partial charge on any atom is 0.243 e. The van der Waals surface area contributed by atoms with Gasteiger partial charge in [0, 0.05) is 0 Å². The Morgan fingerprint density at radius 2 is 1.82 bits per heavy atom. The molecule has 2 atom stereocenters. The van der Waals surface area contributed by atoms with Crippen LogP contribution in [-0.4, -0.2) is 45.9 Å². The van der Waals surface area contributed by atoms with Crippen LogP contribution in [0.25, 0.3) is 0 Å². The van der Waals surface area contributed by atoms with E-state index in [2.05, 4.69) is 5.32 Å². The van der Waals surface area contributed by atoms with Gasteiger partial charge in [0.05, 0.1) is 18.5 Å². The van der Waals surface area contributed by atoms with Crippen LogP contribution in [0.5, 0.6) is 11.5 Å². The second-order valence-corrected chi connectivity index (χ2v) is 8.67. The van der Waals surface area contributed by atoms with E-state index in [1.54, 1.807) is 25.1 Å². The molecule has 2 aromatic carbocycles. The van der Waals surface area contributed by atoms with Crippen molar-refractivity contribution in [2.75, 3.05) is 23.7 Å². The van der Waals surface area contributed by atoms with Crippen molar-refractivity contribution in [1.82, 2.24) is 5.32 Å². The first-order chi connectivity index (χ1) is 13.3. The first-order valence-corrected chi connectivity index (χ1v) is 10.8. The molecule has 0 fully saturated rings. The number of hydrogen-bond donors (Lipinski definition) is 1. The fraction of sp³-hybridized carbons (Fsp3) is 0.350. The summed E-state index contributed by atoms with van der Waals surface area (Å²) in [5.41, 5.74) is 1.45. The van der Waals surface area contributed by atoms with Gasteiger partial charge in [0.25, 0.3) is 0 Å². The van der Waals surface area contributed by atoms with Gasteiger partial charge in [-0.1, -0.05) is 29.8 Å². The Kier molecular flexibility index (Phi) is 5.79. The van der Waals surface area contributed by atoms with Crippen molar-refractivity contribution in [3.63, 3.8) is 0 Å². The number of ether oxygens (including phenoxy) is 2. The molecule has 8 heteroatoms. The van der Waals surface area contributed by atoms with E-state index >= 15 is 0 Å². The van der Waals surface area contributed by atoms with Gasteiger partial charge < -0.3 is 14.8 Å². The number of aryl methyl sites for hydroxylation is 1. The van der Waals surface area contributed by atoms with E-state index in [4.69, 9.17) is 9.47 Å². The first-order valence-electron chi connectivity index (χ1n) is 8.98. The van der Waals surface area contributed by atoms with Crippen molar-refractivity contribution in [2.45, 2.75) is 26.0 Å². The molecule has 1 amide bonds. The quantitative estimate of drug-likeness (QED) is 0.797. The van der Waals surface area contributed by atoms with Crippen molar-refractivity contribution in [3.05, 3.63) is 54.1 Å². The number of hydrogen-bond acceptors (Lipinski definition) is 5. The summed E-state index contributed by atoms with van der Waals surface area (Å²) in [7, 11) is -3.64. The van der Waals surface area contributed by atoms with Crippen LogP contribution in [0, 0.1) is 6.92 Å². The summed E-state index contributed by atoms with van der Waals surface area (Å²) in [6.45, 7) is 3.99. The maximum absolute atomic E-state index is 12.6. The Morgan fingerprint density at radius 3 is 2.46 bits per heavy atom. The van der Waals surface area contributed by atoms with Gasteiger partial charge in [-0.15, -0.1) is 0 Å². The van der Waals surface area contributed by atoms with Gasteiger partial charge in [-0.2, -0.15) is 0 Å². The van der Waals surface area contributed by atoms with Crippen LogP contribution in [0.3, 0.4) is 0 Å². The zero-order chi connectivity index (χ0) is 20.3. The highest BCUT2D eigenvalue weighted by atomic mass is 32.2. The summed E-state index contributed by atoms with van der Waals surface area (Å²) in [4.78, 5) is 12.6. The van der Waals surface area contributed by atoms with Gasteiger partial charge in [0.2, 0.25) is 15.9 Å². The molecule has 0 saturated heterocycles. The number of benzene rings is 2. The molecule has 150 valence electrons. The Hall–Kier alpha value is -2.74. The average molecular weight is 404 g/mol. The van der Waals surface area contributed by atoms with Crippen molar-refractivity contribution >= 4 is 21.6 Å². The summed E-state index contributed by atoms with van der Waals surface area (Å²) >= 11 is 0. The van der Waals surface area contributed by atoms with Crippen molar-refractivity contribution in [3.8, 4) is 11.5 Å². The molecule has 3 rings (SSSR count). The van der Waals surface area contributed by atoms with Gasteiger partial charge in [-0.25, -0.2) is 8.42 Å². The molecule has 0 aliphatic carbocycles. The smallest absolute Gasteiger partial charge is 0.243 e. The molecule has 1 N–H and O–H groups in total. The van der Waals surface area contributed by atoms with Crippen LogP contribution in [0.4, 0.5) is 5.69 Å². The molecule has 0 spiro atoms. The standard InChI is InChI=1S/C20H24N2O5S/c1-14-8-10-16(11-9-14)22(28(3,24)25)15(2)20(23)21-12-17-13-26-18-6-4-5-7-19(18)27-17/h4-11,15,17H,12-13H2,1-3H3,(H,21,23). The lowest BCUT2D eigenvalue weighted by Gasteiger charge is -2.30.